The zero-order valence-corrected chi connectivity index (χ0v) is 8.06. The van der Waals surface area contributed by atoms with Crippen LogP contribution in [0.25, 0.3) is 0 Å². The molecule has 1 saturated heterocycles. The molecule has 0 aromatic heterocycles. The first-order chi connectivity index (χ1) is 5.68. The Morgan fingerprint density at radius 3 is 2.83 bits per heavy atom. The van der Waals surface area contributed by atoms with Crippen LogP contribution in [-0.2, 0) is 20.3 Å². The quantitative estimate of drug-likeness (QED) is 0.606. The van der Waals surface area contributed by atoms with E-state index in [4.69, 9.17) is 4.74 Å². The Labute approximate surface area is 74.9 Å². The van der Waals surface area contributed by atoms with Crippen molar-refractivity contribution in [3.63, 3.8) is 0 Å². The van der Waals surface area contributed by atoms with Gasteiger partial charge < -0.3 is 9.53 Å². The highest BCUT2D eigenvalue weighted by Crippen LogP contribution is 2.26. The van der Waals surface area contributed by atoms with Gasteiger partial charge >= 0.3 is 0 Å². The molecule has 0 aromatic rings. The van der Waals surface area contributed by atoms with Gasteiger partial charge in [0.1, 0.15) is 5.60 Å². The van der Waals surface area contributed by atoms with E-state index in [0.29, 0.717) is 18.8 Å². The van der Waals surface area contributed by atoms with Crippen LogP contribution in [-0.4, -0.2) is 34.7 Å². The molecule has 70 valence electrons. The van der Waals surface area contributed by atoms with Crippen molar-refractivity contribution in [2.45, 2.75) is 24.9 Å². The molecule has 4 heteroatoms. The summed E-state index contributed by atoms with van der Waals surface area (Å²) in [6.07, 6.45) is 4.84. The highest BCUT2D eigenvalue weighted by atomic mass is 32.2. The first-order valence-electron chi connectivity index (χ1n) is 4.09. The normalized spacial score (nSPS) is 31.8. The molecule has 1 rings (SSSR count). The first kappa shape index (κ1) is 9.86. The Bertz CT molecular complexity index is 185. The van der Waals surface area contributed by atoms with Gasteiger partial charge in [-0.15, -0.1) is 0 Å². The summed E-state index contributed by atoms with van der Waals surface area (Å²) in [6, 6.07) is 0. The predicted octanol–water partition coefficient (Wildman–Crippen LogP) is 0.503. The lowest BCUT2D eigenvalue weighted by Crippen LogP contribution is -2.31. The summed E-state index contributed by atoms with van der Waals surface area (Å²) in [5, 5.41) is 0. The lowest BCUT2D eigenvalue weighted by molar-refractivity contribution is -0.125. The number of aldehydes is 1. The van der Waals surface area contributed by atoms with E-state index in [-0.39, 0.29) is 0 Å². The number of ether oxygens (including phenoxy) is 1. The summed E-state index contributed by atoms with van der Waals surface area (Å²) in [5.41, 5.74) is -0.605. The number of carbonyl (C=O) groups is 1. The van der Waals surface area contributed by atoms with E-state index in [2.05, 4.69) is 0 Å². The third kappa shape index (κ3) is 2.38. The molecule has 2 unspecified atom stereocenters. The average Bonchev–Trinajstić information content (AvgIpc) is 2.50. The Kier molecular flexibility index (Phi) is 3.40. The molecule has 0 N–H and O–H groups in total. The van der Waals surface area contributed by atoms with Crippen molar-refractivity contribution in [1.82, 2.24) is 0 Å². The Hall–Kier alpha value is -0.220. The van der Waals surface area contributed by atoms with Crippen LogP contribution < -0.4 is 0 Å². The summed E-state index contributed by atoms with van der Waals surface area (Å²) in [7, 11) is -0.828. The smallest absolute Gasteiger partial charge is 0.151 e. The standard InChI is InChI=1S/C8H14O3S/c1-12(10)6-4-8(7-9)3-2-5-11-8/h7H,2-6H2,1H3. The number of carbonyl (C=O) groups excluding carboxylic acids is 1. The number of hydrogen-bond acceptors (Lipinski definition) is 3. The molecule has 1 aliphatic heterocycles. The molecule has 0 aromatic carbocycles. The molecule has 0 amide bonds. The van der Waals surface area contributed by atoms with Crippen LogP contribution in [0.1, 0.15) is 19.3 Å². The predicted molar refractivity (Wildman–Crippen MR) is 47.5 cm³/mol. The molecule has 3 nitrogen and oxygen atoms in total. The van der Waals surface area contributed by atoms with Crippen LogP contribution in [0, 0.1) is 0 Å². The number of hydrogen-bond donors (Lipinski definition) is 0. The van der Waals surface area contributed by atoms with Gasteiger partial charge in [0.05, 0.1) is 0 Å². The molecule has 1 aliphatic rings. The summed E-state index contributed by atoms with van der Waals surface area (Å²) in [6.45, 7) is 0.662. The molecule has 0 bridgehead atoms. The van der Waals surface area contributed by atoms with Crippen molar-refractivity contribution < 1.29 is 13.7 Å². The van der Waals surface area contributed by atoms with E-state index in [0.717, 1.165) is 19.1 Å². The molecular weight excluding hydrogens is 176 g/mol. The maximum Gasteiger partial charge on any atom is 0.151 e. The summed E-state index contributed by atoms with van der Waals surface area (Å²) < 4.78 is 16.1. The minimum Gasteiger partial charge on any atom is -0.367 e. The maximum absolute atomic E-state index is 10.8. The third-order valence-corrected chi connectivity index (χ3v) is 2.94. The van der Waals surface area contributed by atoms with Gasteiger partial charge in [-0.3, -0.25) is 4.21 Å². The summed E-state index contributed by atoms with van der Waals surface area (Å²) >= 11 is 0. The van der Waals surface area contributed by atoms with Gasteiger partial charge in [0, 0.05) is 29.4 Å². The second-order valence-corrected chi connectivity index (χ2v) is 4.72. The van der Waals surface area contributed by atoms with Gasteiger partial charge in [0.15, 0.2) is 6.29 Å². The molecular formula is C8H14O3S. The van der Waals surface area contributed by atoms with Crippen molar-refractivity contribution in [3.8, 4) is 0 Å². The fraction of sp³-hybridized carbons (Fsp3) is 0.875. The first-order valence-corrected chi connectivity index (χ1v) is 5.82. The lowest BCUT2D eigenvalue weighted by atomic mass is 9.99. The van der Waals surface area contributed by atoms with E-state index in [9.17, 15) is 9.00 Å². The number of rotatable bonds is 4. The fourth-order valence-electron chi connectivity index (χ4n) is 1.38. The SMILES string of the molecule is CS(=O)CCC1(C=O)CCCO1. The lowest BCUT2D eigenvalue weighted by Gasteiger charge is -2.20. The van der Waals surface area contributed by atoms with Crippen LogP contribution in [0.3, 0.4) is 0 Å². The van der Waals surface area contributed by atoms with Gasteiger partial charge in [0.25, 0.3) is 0 Å². The van der Waals surface area contributed by atoms with Gasteiger partial charge in [-0.2, -0.15) is 0 Å². The Morgan fingerprint density at radius 1 is 1.67 bits per heavy atom. The van der Waals surface area contributed by atoms with Crippen molar-refractivity contribution in [2.75, 3.05) is 18.6 Å². The fourth-order valence-corrected chi connectivity index (χ4v) is 2.02. The van der Waals surface area contributed by atoms with Gasteiger partial charge in [-0.05, 0) is 19.3 Å². The summed E-state index contributed by atoms with van der Waals surface area (Å²) in [5.74, 6) is 0.554. The highest BCUT2D eigenvalue weighted by molar-refractivity contribution is 7.84. The highest BCUT2D eigenvalue weighted by Gasteiger charge is 2.34. The molecule has 0 radical (unpaired) electrons. The molecule has 0 aliphatic carbocycles. The van der Waals surface area contributed by atoms with Gasteiger partial charge in [-0.1, -0.05) is 0 Å². The largest absolute Gasteiger partial charge is 0.367 e. The average molecular weight is 190 g/mol. The molecule has 1 fully saturated rings. The van der Waals surface area contributed by atoms with Gasteiger partial charge in [-0.25, -0.2) is 0 Å². The van der Waals surface area contributed by atoms with Gasteiger partial charge in [0.2, 0.25) is 0 Å². The van der Waals surface area contributed by atoms with Crippen molar-refractivity contribution >= 4 is 17.1 Å². The van der Waals surface area contributed by atoms with E-state index in [1.807, 2.05) is 0 Å². The molecule has 2 atom stereocenters. The molecule has 1 heterocycles. The minimum atomic E-state index is -0.828. The van der Waals surface area contributed by atoms with E-state index >= 15 is 0 Å². The second kappa shape index (κ2) is 4.14. The second-order valence-electron chi connectivity index (χ2n) is 3.16. The van der Waals surface area contributed by atoms with Crippen molar-refractivity contribution in [1.29, 1.82) is 0 Å². The van der Waals surface area contributed by atoms with E-state index < -0.39 is 16.4 Å². The Morgan fingerprint density at radius 2 is 2.42 bits per heavy atom. The van der Waals surface area contributed by atoms with Crippen LogP contribution in [0.2, 0.25) is 0 Å². The minimum absolute atomic E-state index is 0.554. The van der Waals surface area contributed by atoms with Crippen LogP contribution in [0.15, 0.2) is 0 Å². The zero-order chi connectivity index (χ0) is 9.03. The Balaban J connectivity index is 2.44. The third-order valence-electron chi connectivity index (χ3n) is 2.16. The van der Waals surface area contributed by atoms with E-state index in [1.54, 1.807) is 6.26 Å². The van der Waals surface area contributed by atoms with E-state index in [1.165, 1.54) is 0 Å². The topological polar surface area (TPSA) is 43.4 Å². The maximum atomic E-state index is 10.8. The van der Waals surface area contributed by atoms with Crippen LogP contribution in [0.4, 0.5) is 0 Å². The molecule has 12 heavy (non-hydrogen) atoms. The van der Waals surface area contributed by atoms with Crippen molar-refractivity contribution in [3.05, 3.63) is 0 Å². The zero-order valence-electron chi connectivity index (χ0n) is 7.25. The van der Waals surface area contributed by atoms with Crippen LogP contribution >= 0.6 is 0 Å². The summed E-state index contributed by atoms with van der Waals surface area (Å²) in [4.78, 5) is 10.7. The van der Waals surface area contributed by atoms with Crippen LogP contribution in [0.5, 0.6) is 0 Å². The molecule has 0 spiro atoms. The molecule has 0 saturated carbocycles. The van der Waals surface area contributed by atoms with Crippen molar-refractivity contribution in [2.24, 2.45) is 0 Å². The monoisotopic (exact) mass is 190 g/mol.